The van der Waals surface area contributed by atoms with Crippen molar-refractivity contribution in [2.75, 3.05) is 59.0 Å². The molecule has 2 unspecified atom stereocenters. The van der Waals surface area contributed by atoms with E-state index in [1.807, 2.05) is 0 Å². The predicted molar refractivity (Wildman–Crippen MR) is 68.2 cm³/mol. The Bertz CT molecular complexity index is 241. The third-order valence-electron chi connectivity index (χ3n) is 4.44. The molecule has 0 aromatic heterocycles. The predicted octanol–water partition coefficient (Wildman–Crippen LogP) is 0.00240. The lowest BCUT2D eigenvalue weighted by molar-refractivity contribution is -0.0474. The Morgan fingerprint density at radius 3 is 3.12 bits per heavy atom. The van der Waals surface area contributed by atoms with Gasteiger partial charge in [-0.15, -0.1) is 0 Å². The van der Waals surface area contributed by atoms with Crippen LogP contribution in [0.15, 0.2) is 0 Å². The minimum Gasteiger partial charge on any atom is -0.378 e. The van der Waals surface area contributed by atoms with Crippen LogP contribution in [0.5, 0.6) is 0 Å². The second kappa shape index (κ2) is 5.65. The number of morpholine rings is 1. The molecule has 17 heavy (non-hydrogen) atoms. The summed E-state index contributed by atoms with van der Waals surface area (Å²) in [6, 6.07) is 0.661. The van der Waals surface area contributed by atoms with E-state index in [4.69, 9.17) is 4.74 Å². The summed E-state index contributed by atoms with van der Waals surface area (Å²) >= 11 is 0. The monoisotopic (exact) mass is 239 g/mol. The molecule has 0 bridgehead atoms. The number of nitrogens with zero attached hydrogens (tertiary/aromatic N) is 2. The molecule has 3 fully saturated rings. The van der Waals surface area contributed by atoms with Gasteiger partial charge in [0.05, 0.1) is 13.2 Å². The van der Waals surface area contributed by atoms with E-state index in [1.54, 1.807) is 0 Å². The second-order valence-electron chi connectivity index (χ2n) is 5.74. The fourth-order valence-electron chi connectivity index (χ4n) is 3.42. The van der Waals surface area contributed by atoms with Gasteiger partial charge in [-0.05, 0) is 31.8 Å². The smallest absolute Gasteiger partial charge is 0.0634 e. The van der Waals surface area contributed by atoms with E-state index >= 15 is 0 Å². The molecule has 0 spiro atoms. The van der Waals surface area contributed by atoms with Gasteiger partial charge in [0, 0.05) is 38.8 Å². The van der Waals surface area contributed by atoms with Gasteiger partial charge in [-0.2, -0.15) is 0 Å². The number of hydrogen-bond acceptors (Lipinski definition) is 4. The highest BCUT2D eigenvalue weighted by atomic mass is 16.5. The van der Waals surface area contributed by atoms with Gasteiger partial charge in [0.15, 0.2) is 0 Å². The zero-order valence-corrected chi connectivity index (χ0v) is 10.7. The molecule has 0 aliphatic carbocycles. The highest BCUT2D eigenvalue weighted by Gasteiger charge is 2.30. The Hall–Kier alpha value is -0.160. The molecule has 0 aromatic carbocycles. The van der Waals surface area contributed by atoms with Gasteiger partial charge in [0.2, 0.25) is 0 Å². The lowest BCUT2D eigenvalue weighted by Gasteiger charge is -2.44. The van der Waals surface area contributed by atoms with Crippen LogP contribution in [0.25, 0.3) is 0 Å². The number of fused-ring (bicyclic) bond motifs is 1. The second-order valence-corrected chi connectivity index (χ2v) is 5.74. The van der Waals surface area contributed by atoms with Crippen LogP contribution in [0.4, 0.5) is 0 Å². The number of piperazine rings is 1. The molecular formula is C13H25N3O. The van der Waals surface area contributed by atoms with E-state index in [1.165, 1.54) is 52.1 Å². The summed E-state index contributed by atoms with van der Waals surface area (Å²) in [4.78, 5) is 5.27. The van der Waals surface area contributed by atoms with E-state index in [-0.39, 0.29) is 0 Å². The zero-order valence-electron chi connectivity index (χ0n) is 10.7. The van der Waals surface area contributed by atoms with Gasteiger partial charge in [-0.25, -0.2) is 0 Å². The molecule has 0 amide bonds. The van der Waals surface area contributed by atoms with Crippen molar-refractivity contribution in [1.29, 1.82) is 0 Å². The minimum atomic E-state index is 0.661. The maximum atomic E-state index is 5.60. The third kappa shape index (κ3) is 2.99. The fraction of sp³-hybridized carbons (Fsp3) is 1.00. The van der Waals surface area contributed by atoms with Crippen molar-refractivity contribution in [1.82, 2.24) is 15.1 Å². The van der Waals surface area contributed by atoms with Crippen LogP contribution in [0.2, 0.25) is 0 Å². The van der Waals surface area contributed by atoms with Gasteiger partial charge in [0.1, 0.15) is 0 Å². The van der Waals surface area contributed by atoms with Crippen molar-refractivity contribution >= 4 is 0 Å². The topological polar surface area (TPSA) is 27.7 Å². The average Bonchev–Trinajstić information content (AvgIpc) is 2.40. The largest absolute Gasteiger partial charge is 0.378 e. The van der Waals surface area contributed by atoms with Gasteiger partial charge in [0.25, 0.3) is 0 Å². The van der Waals surface area contributed by atoms with Crippen molar-refractivity contribution < 1.29 is 4.74 Å². The SMILES string of the molecule is C1CNCC(CN2CCN3CCOCC3C2)C1. The molecule has 4 heteroatoms. The van der Waals surface area contributed by atoms with E-state index in [0.29, 0.717) is 6.04 Å². The van der Waals surface area contributed by atoms with Crippen LogP contribution in [0.1, 0.15) is 12.8 Å². The number of piperidine rings is 1. The quantitative estimate of drug-likeness (QED) is 0.734. The number of hydrogen-bond donors (Lipinski definition) is 1. The third-order valence-corrected chi connectivity index (χ3v) is 4.44. The first kappa shape index (κ1) is 11.9. The first-order valence-electron chi connectivity index (χ1n) is 7.17. The fourth-order valence-corrected chi connectivity index (χ4v) is 3.42. The summed E-state index contributed by atoms with van der Waals surface area (Å²) < 4.78 is 5.60. The van der Waals surface area contributed by atoms with Crippen LogP contribution in [-0.2, 0) is 4.74 Å². The van der Waals surface area contributed by atoms with Gasteiger partial charge < -0.3 is 15.0 Å². The van der Waals surface area contributed by atoms with Crippen molar-refractivity contribution in [3.05, 3.63) is 0 Å². The highest BCUT2D eigenvalue weighted by Crippen LogP contribution is 2.17. The van der Waals surface area contributed by atoms with Crippen LogP contribution in [-0.4, -0.2) is 74.9 Å². The molecule has 3 aliphatic rings. The molecule has 0 saturated carbocycles. The van der Waals surface area contributed by atoms with E-state index < -0.39 is 0 Å². The van der Waals surface area contributed by atoms with E-state index in [2.05, 4.69) is 15.1 Å². The molecule has 3 saturated heterocycles. The Morgan fingerprint density at radius 1 is 1.24 bits per heavy atom. The summed E-state index contributed by atoms with van der Waals surface area (Å²) in [6.07, 6.45) is 2.77. The molecule has 3 heterocycles. The molecule has 0 radical (unpaired) electrons. The molecular weight excluding hydrogens is 214 g/mol. The van der Waals surface area contributed by atoms with Crippen LogP contribution < -0.4 is 5.32 Å². The lowest BCUT2D eigenvalue weighted by atomic mass is 9.98. The minimum absolute atomic E-state index is 0.661. The molecule has 98 valence electrons. The van der Waals surface area contributed by atoms with E-state index in [0.717, 1.165) is 25.7 Å². The van der Waals surface area contributed by atoms with Gasteiger partial charge in [-0.1, -0.05) is 0 Å². The number of nitrogens with one attached hydrogen (secondary N) is 1. The first-order chi connectivity index (χ1) is 8.42. The zero-order chi connectivity index (χ0) is 11.5. The number of rotatable bonds is 2. The summed E-state index contributed by atoms with van der Waals surface area (Å²) in [5, 5.41) is 3.52. The highest BCUT2D eigenvalue weighted by molar-refractivity contribution is 4.85. The normalized spacial score (nSPS) is 36.7. The maximum Gasteiger partial charge on any atom is 0.0634 e. The Morgan fingerprint density at radius 2 is 2.24 bits per heavy atom. The molecule has 4 nitrogen and oxygen atoms in total. The molecule has 2 atom stereocenters. The summed E-state index contributed by atoms with van der Waals surface area (Å²) in [7, 11) is 0. The van der Waals surface area contributed by atoms with Crippen LogP contribution in [0.3, 0.4) is 0 Å². The maximum absolute atomic E-state index is 5.60. The lowest BCUT2D eigenvalue weighted by Crippen LogP contribution is -2.58. The van der Waals surface area contributed by atoms with Crippen LogP contribution >= 0.6 is 0 Å². The summed E-state index contributed by atoms with van der Waals surface area (Å²) in [5.41, 5.74) is 0. The van der Waals surface area contributed by atoms with Gasteiger partial charge >= 0.3 is 0 Å². The Balaban J connectivity index is 1.48. The van der Waals surface area contributed by atoms with Crippen molar-refractivity contribution in [3.63, 3.8) is 0 Å². The van der Waals surface area contributed by atoms with E-state index in [9.17, 15) is 0 Å². The Labute approximate surface area is 104 Å². The molecule has 0 aromatic rings. The van der Waals surface area contributed by atoms with Crippen molar-refractivity contribution in [2.45, 2.75) is 18.9 Å². The van der Waals surface area contributed by atoms with Crippen LogP contribution in [0, 0.1) is 5.92 Å². The molecule has 1 N–H and O–H groups in total. The van der Waals surface area contributed by atoms with Gasteiger partial charge in [-0.3, -0.25) is 4.90 Å². The average molecular weight is 239 g/mol. The first-order valence-corrected chi connectivity index (χ1v) is 7.17. The van der Waals surface area contributed by atoms with Crippen molar-refractivity contribution in [2.24, 2.45) is 5.92 Å². The molecule has 3 aliphatic heterocycles. The van der Waals surface area contributed by atoms with Crippen molar-refractivity contribution in [3.8, 4) is 0 Å². The number of ether oxygens (including phenoxy) is 1. The standard InChI is InChI=1S/C13H25N3O/c1-2-12(8-14-3-1)9-15-4-5-16-6-7-17-11-13(16)10-15/h12-14H,1-11H2. The molecule has 3 rings (SSSR count). The summed E-state index contributed by atoms with van der Waals surface area (Å²) in [6.45, 7) is 10.5. The Kier molecular flexibility index (Phi) is 3.96. The summed E-state index contributed by atoms with van der Waals surface area (Å²) in [5.74, 6) is 0.875.